The van der Waals surface area contributed by atoms with Crippen LogP contribution in [0.3, 0.4) is 0 Å². The fraction of sp³-hybridized carbons (Fsp3) is 0.423. The first-order valence-electron chi connectivity index (χ1n) is 12.2. The summed E-state index contributed by atoms with van der Waals surface area (Å²) in [5.41, 5.74) is 1.37. The van der Waals surface area contributed by atoms with Crippen LogP contribution in [0.4, 0.5) is 4.39 Å². The van der Waals surface area contributed by atoms with Crippen LogP contribution < -0.4 is 10.1 Å². The fourth-order valence-corrected chi connectivity index (χ4v) is 4.62. The highest BCUT2D eigenvalue weighted by Crippen LogP contribution is 2.36. The number of carbonyl (C=O) groups excluding carboxylic acids is 3. The highest BCUT2D eigenvalue weighted by Gasteiger charge is 2.60. The van der Waals surface area contributed by atoms with E-state index in [1.165, 1.54) is 24.3 Å². The third-order valence-electron chi connectivity index (χ3n) is 6.86. The summed E-state index contributed by atoms with van der Waals surface area (Å²) in [5.74, 6) is -9.85. The van der Waals surface area contributed by atoms with E-state index in [-0.39, 0.29) is 29.0 Å². The van der Waals surface area contributed by atoms with Crippen molar-refractivity contribution in [2.45, 2.75) is 37.3 Å². The van der Waals surface area contributed by atoms with Crippen LogP contribution in [0.15, 0.2) is 36.4 Å². The van der Waals surface area contributed by atoms with Gasteiger partial charge in [0.25, 0.3) is 17.5 Å². The molecule has 2 aliphatic heterocycles. The third-order valence-corrected chi connectivity index (χ3v) is 6.86. The van der Waals surface area contributed by atoms with Crippen LogP contribution in [-0.2, 0) is 34.0 Å². The number of aldehydes is 1. The Morgan fingerprint density at radius 3 is 2.56 bits per heavy atom. The molecule has 0 aromatic heterocycles. The number of likely N-dealkylation sites (N-methyl/N-ethyl adjacent to an activating group) is 1. The van der Waals surface area contributed by atoms with Crippen molar-refractivity contribution in [1.82, 2.24) is 15.1 Å². The standard InChI is InChI=1S/C26H30FN3O9/c1-28-23(32)22(26(36,37)25(34,35)15-31)30-13-19-18(24(30)33)3-2-4-21(19)39-14-17-6-5-16(11-20(17)27)12-29-7-9-38-10-8-29/h2-6,11,15,22,34-37H,7-10,12-14H2,1H3,(H,28,32). The molecule has 210 valence electrons. The minimum Gasteiger partial charge on any atom is -0.488 e. The molecule has 13 heteroatoms. The Bertz CT molecular complexity index is 1250. The van der Waals surface area contributed by atoms with Crippen LogP contribution >= 0.6 is 0 Å². The predicted octanol–water partition coefficient (Wildman–Crippen LogP) is -1.13. The first-order valence-corrected chi connectivity index (χ1v) is 12.2. The van der Waals surface area contributed by atoms with Crippen molar-refractivity contribution in [1.29, 1.82) is 0 Å². The van der Waals surface area contributed by atoms with E-state index in [9.17, 15) is 39.2 Å². The lowest BCUT2D eigenvalue weighted by molar-refractivity contribution is -0.345. The first-order chi connectivity index (χ1) is 18.5. The number of benzene rings is 2. The molecule has 1 fully saturated rings. The van der Waals surface area contributed by atoms with Crippen LogP contribution in [0.25, 0.3) is 0 Å². The van der Waals surface area contributed by atoms with Crippen molar-refractivity contribution < 1.29 is 48.7 Å². The molecule has 0 spiro atoms. The van der Waals surface area contributed by atoms with E-state index in [1.807, 2.05) is 0 Å². The second-order valence-corrected chi connectivity index (χ2v) is 9.41. The highest BCUT2D eigenvalue weighted by atomic mass is 19.1. The third kappa shape index (κ3) is 5.64. The van der Waals surface area contributed by atoms with E-state index in [4.69, 9.17) is 9.47 Å². The maximum atomic E-state index is 14.9. The summed E-state index contributed by atoms with van der Waals surface area (Å²) in [5, 5.41) is 42.6. The Hall–Kier alpha value is -3.46. The van der Waals surface area contributed by atoms with Gasteiger partial charge in [-0.3, -0.25) is 19.3 Å². The zero-order valence-corrected chi connectivity index (χ0v) is 21.2. The molecule has 2 heterocycles. The molecule has 1 unspecified atom stereocenters. The van der Waals surface area contributed by atoms with E-state index < -0.39 is 48.1 Å². The molecule has 12 nitrogen and oxygen atoms in total. The molecule has 0 saturated carbocycles. The van der Waals surface area contributed by atoms with Gasteiger partial charge in [-0.1, -0.05) is 18.2 Å². The van der Waals surface area contributed by atoms with Gasteiger partial charge in [-0.05, 0) is 23.8 Å². The minimum atomic E-state index is -3.77. The molecule has 2 amide bonds. The second-order valence-electron chi connectivity index (χ2n) is 9.41. The van der Waals surface area contributed by atoms with Crippen LogP contribution in [-0.4, -0.2) is 99.3 Å². The number of fused-ring (bicyclic) bond motifs is 1. The maximum Gasteiger partial charge on any atom is 0.279 e. The molecule has 1 saturated heterocycles. The lowest BCUT2D eigenvalue weighted by Crippen LogP contribution is -2.70. The topological polar surface area (TPSA) is 169 Å². The maximum absolute atomic E-state index is 14.9. The van der Waals surface area contributed by atoms with Gasteiger partial charge in [0.2, 0.25) is 5.91 Å². The summed E-state index contributed by atoms with van der Waals surface area (Å²) >= 11 is 0. The van der Waals surface area contributed by atoms with Crippen LogP contribution in [0.2, 0.25) is 0 Å². The van der Waals surface area contributed by atoms with Gasteiger partial charge in [0.05, 0.1) is 19.8 Å². The number of hydrogen-bond donors (Lipinski definition) is 5. The number of morpholine rings is 1. The van der Waals surface area contributed by atoms with Gasteiger partial charge in [-0.15, -0.1) is 0 Å². The largest absolute Gasteiger partial charge is 0.488 e. The average Bonchev–Trinajstić information content (AvgIpc) is 3.24. The molecule has 39 heavy (non-hydrogen) atoms. The molecule has 2 aliphatic rings. The van der Waals surface area contributed by atoms with E-state index in [1.54, 1.807) is 12.1 Å². The summed E-state index contributed by atoms with van der Waals surface area (Å²) in [7, 11) is 1.13. The number of halogens is 1. The fourth-order valence-electron chi connectivity index (χ4n) is 4.62. The normalized spacial score (nSPS) is 17.1. The Balaban J connectivity index is 1.52. The highest BCUT2D eigenvalue weighted by molar-refractivity contribution is 6.02. The molecule has 4 rings (SSSR count). The Morgan fingerprint density at radius 2 is 1.92 bits per heavy atom. The van der Waals surface area contributed by atoms with Crippen molar-refractivity contribution in [2.24, 2.45) is 0 Å². The summed E-state index contributed by atoms with van der Waals surface area (Å²) < 4.78 is 26.0. The Morgan fingerprint density at radius 1 is 1.21 bits per heavy atom. The zero-order valence-electron chi connectivity index (χ0n) is 21.2. The number of ether oxygens (including phenoxy) is 2. The lowest BCUT2D eigenvalue weighted by Gasteiger charge is -2.40. The number of rotatable bonds is 10. The molecular weight excluding hydrogens is 517 g/mol. The molecule has 0 bridgehead atoms. The molecular formula is C26H30FN3O9. The number of carbonyl (C=O) groups is 3. The van der Waals surface area contributed by atoms with Gasteiger partial charge in [-0.2, -0.15) is 0 Å². The molecule has 0 radical (unpaired) electrons. The molecule has 2 aromatic rings. The minimum absolute atomic E-state index is 0.0473. The second kappa shape index (κ2) is 11.3. The quantitative estimate of drug-likeness (QED) is 0.181. The Kier molecular flexibility index (Phi) is 8.30. The summed E-state index contributed by atoms with van der Waals surface area (Å²) in [6, 6.07) is 6.99. The lowest BCUT2D eigenvalue weighted by atomic mass is 9.96. The van der Waals surface area contributed by atoms with Gasteiger partial charge >= 0.3 is 0 Å². The van der Waals surface area contributed by atoms with Crippen molar-refractivity contribution in [3.05, 3.63) is 64.5 Å². The van der Waals surface area contributed by atoms with Crippen molar-refractivity contribution >= 4 is 18.1 Å². The van der Waals surface area contributed by atoms with Crippen LogP contribution in [0, 0.1) is 5.82 Å². The number of aliphatic hydroxyl groups is 4. The smallest absolute Gasteiger partial charge is 0.279 e. The Labute approximate surface area is 223 Å². The number of nitrogens with one attached hydrogen (secondary N) is 1. The van der Waals surface area contributed by atoms with Crippen LogP contribution in [0.5, 0.6) is 5.75 Å². The average molecular weight is 548 g/mol. The van der Waals surface area contributed by atoms with Gasteiger partial charge in [0, 0.05) is 43.4 Å². The zero-order chi connectivity index (χ0) is 28.4. The summed E-state index contributed by atoms with van der Waals surface area (Å²) in [6.07, 6.45) is -0.564. The van der Waals surface area contributed by atoms with Crippen molar-refractivity contribution in [3.8, 4) is 5.75 Å². The molecule has 1 atom stereocenters. The molecule has 0 aliphatic carbocycles. The van der Waals surface area contributed by atoms with Crippen LogP contribution in [0.1, 0.15) is 27.0 Å². The van der Waals surface area contributed by atoms with Gasteiger partial charge in [-0.25, -0.2) is 4.39 Å². The molecule has 2 aromatic carbocycles. The van der Waals surface area contributed by atoms with E-state index >= 15 is 0 Å². The van der Waals surface area contributed by atoms with Crippen molar-refractivity contribution in [3.63, 3.8) is 0 Å². The van der Waals surface area contributed by atoms with E-state index in [0.717, 1.165) is 25.7 Å². The van der Waals surface area contributed by atoms with Gasteiger partial charge < -0.3 is 40.1 Å². The number of amides is 2. The SMILES string of the molecule is CNC(=O)C(N1Cc2c(OCc3ccc(CN4CCOCC4)cc3F)cccc2C1=O)C(O)(O)C(O)(O)C=O. The monoisotopic (exact) mass is 547 g/mol. The predicted molar refractivity (Wildman–Crippen MR) is 131 cm³/mol. The first kappa shape index (κ1) is 28.5. The number of nitrogens with zero attached hydrogens (tertiary/aromatic N) is 2. The van der Waals surface area contributed by atoms with E-state index in [2.05, 4.69) is 10.2 Å². The summed E-state index contributed by atoms with van der Waals surface area (Å²) in [4.78, 5) is 39.7. The number of hydrogen-bond acceptors (Lipinski definition) is 10. The van der Waals surface area contributed by atoms with E-state index in [0.29, 0.717) is 24.7 Å². The van der Waals surface area contributed by atoms with Crippen molar-refractivity contribution in [2.75, 3.05) is 33.4 Å². The van der Waals surface area contributed by atoms with Gasteiger partial charge in [0.15, 0.2) is 12.3 Å². The van der Waals surface area contributed by atoms with Gasteiger partial charge in [0.1, 0.15) is 18.2 Å². The summed E-state index contributed by atoms with van der Waals surface area (Å²) in [6.45, 7) is 2.80. The molecule has 5 N–H and O–H groups in total.